The van der Waals surface area contributed by atoms with Crippen LogP contribution in [0.25, 0.3) is 22.5 Å². The predicted octanol–water partition coefficient (Wildman–Crippen LogP) is 5.66. The number of hydrogen-bond acceptors (Lipinski definition) is 2. The highest BCUT2D eigenvalue weighted by atomic mass is 16.4. The number of aromatic hydroxyl groups is 1. The summed E-state index contributed by atoms with van der Waals surface area (Å²) in [6.45, 7) is 5.33. The maximum Gasteiger partial charge on any atom is 0.335 e. The van der Waals surface area contributed by atoms with E-state index in [1.807, 2.05) is 24.3 Å². The van der Waals surface area contributed by atoms with E-state index in [2.05, 4.69) is 30.5 Å². The molecule has 4 nitrogen and oxygen atoms in total. The van der Waals surface area contributed by atoms with Crippen molar-refractivity contribution in [2.24, 2.45) is 5.92 Å². The van der Waals surface area contributed by atoms with Crippen molar-refractivity contribution < 1.29 is 15.0 Å². The summed E-state index contributed by atoms with van der Waals surface area (Å²) in [6, 6.07) is 18.4. The van der Waals surface area contributed by atoms with Crippen molar-refractivity contribution >= 4 is 5.97 Å². The Bertz CT molecular complexity index is 906. The third-order valence-electron chi connectivity index (χ3n) is 4.73. The molecule has 0 aliphatic rings. The van der Waals surface area contributed by atoms with Gasteiger partial charge >= 0.3 is 5.97 Å². The van der Waals surface area contributed by atoms with E-state index in [9.17, 15) is 9.90 Å². The van der Waals surface area contributed by atoms with Gasteiger partial charge in [0.25, 0.3) is 0 Å². The van der Waals surface area contributed by atoms with E-state index in [1.54, 1.807) is 24.3 Å². The van der Waals surface area contributed by atoms with E-state index in [0.717, 1.165) is 41.9 Å². The second-order valence-corrected chi connectivity index (χ2v) is 7.22. The molecule has 4 heteroatoms. The van der Waals surface area contributed by atoms with Crippen molar-refractivity contribution in [1.29, 1.82) is 0 Å². The van der Waals surface area contributed by atoms with Crippen LogP contribution in [0, 0.1) is 5.92 Å². The Morgan fingerprint density at radius 2 is 1.41 bits per heavy atom. The molecular formula is C23H25NO3. The van der Waals surface area contributed by atoms with Gasteiger partial charge in [-0.05, 0) is 78.4 Å². The Morgan fingerprint density at radius 1 is 0.889 bits per heavy atom. The second kappa shape index (κ2) is 8.12. The topological polar surface area (TPSA) is 62.5 Å². The van der Waals surface area contributed by atoms with Gasteiger partial charge in [0.1, 0.15) is 5.75 Å². The van der Waals surface area contributed by atoms with Crippen LogP contribution in [0.15, 0.2) is 60.7 Å². The van der Waals surface area contributed by atoms with E-state index in [0.29, 0.717) is 5.92 Å². The molecule has 0 unspecified atom stereocenters. The maximum atomic E-state index is 11.1. The zero-order chi connectivity index (χ0) is 19.4. The van der Waals surface area contributed by atoms with Crippen molar-refractivity contribution in [2.75, 3.05) is 0 Å². The quantitative estimate of drug-likeness (QED) is 0.569. The standard InChI is InChI=1S/C23H25NO3/c1-16(2)4-3-15-24-21(17-5-7-19(8-6-17)23(26)27)13-14-22(24)18-9-11-20(25)12-10-18/h5-14,16,25H,3-4,15H2,1-2H3,(H,26,27). The molecule has 2 aromatic carbocycles. The average Bonchev–Trinajstić information content (AvgIpc) is 3.06. The number of carboxylic acid groups (broad SMARTS) is 1. The number of phenols is 1. The Balaban J connectivity index is 1.99. The lowest BCUT2D eigenvalue weighted by atomic mass is 10.1. The predicted molar refractivity (Wildman–Crippen MR) is 108 cm³/mol. The van der Waals surface area contributed by atoms with E-state index in [4.69, 9.17) is 5.11 Å². The molecule has 0 saturated carbocycles. The van der Waals surface area contributed by atoms with Crippen LogP contribution in [-0.4, -0.2) is 20.7 Å². The maximum absolute atomic E-state index is 11.1. The lowest BCUT2D eigenvalue weighted by Crippen LogP contribution is -2.04. The summed E-state index contributed by atoms with van der Waals surface area (Å²) >= 11 is 0. The van der Waals surface area contributed by atoms with Gasteiger partial charge in [-0.25, -0.2) is 4.79 Å². The normalized spacial score (nSPS) is 11.1. The SMILES string of the molecule is CC(C)CCCn1c(-c2ccc(O)cc2)ccc1-c1ccc(C(=O)O)cc1. The van der Waals surface area contributed by atoms with Gasteiger partial charge in [-0.1, -0.05) is 26.0 Å². The Hall–Kier alpha value is -3.01. The molecule has 0 radical (unpaired) electrons. The molecule has 1 heterocycles. The molecule has 27 heavy (non-hydrogen) atoms. The minimum atomic E-state index is -0.918. The van der Waals surface area contributed by atoms with Crippen LogP contribution in [0.4, 0.5) is 0 Å². The molecule has 0 amide bonds. The molecule has 0 fully saturated rings. The number of phenolic OH excluding ortho intramolecular Hbond substituents is 1. The van der Waals surface area contributed by atoms with Crippen LogP contribution in [0.1, 0.15) is 37.0 Å². The first kappa shape index (κ1) is 18.8. The number of hydrogen-bond donors (Lipinski definition) is 2. The highest BCUT2D eigenvalue weighted by molar-refractivity contribution is 5.88. The highest BCUT2D eigenvalue weighted by Crippen LogP contribution is 2.31. The van der Waals surface area contributed by atoms with Gasteiger partial charge in [0.15, 0.2) is 0 Å². The average molecular weight is 363 g/mol. The molecule has 1 aromatic heterocycles. The van der Waals surface area contributed by atoms with E-state index < -0.39 is 5.97 Å². The molecule has 140 valence electrons. The zero-order valence-electron chi connectivity index (χ0n) is 15.7. The Labute approximate surface area is 159 Å². The molecule has 0 aliphatic heterocycles. The van der Waals surface area contributed by atoms with E-state index in [1.165, 1.54) is 0 Å². The van der Waals surface area contributed by atoms with Gasteiger partial charge in [-0.2, -0.15) is 0 Å². The molecule has 3 aromatic rings. The van der Waals surface area contributed by atoms with Gasteiger partial charge in [0, 0.05) is 17.9 Å². The summed E-state index contributed by atoms with van der Waals surface area (Å²) in [5.41, 5.74) is 4.49. The van der Waals surface area contributed by atoms with E-state index in [-0.39, 0.29) is 11.3 Å². The Morgan fingerprint density at radius 3 is 1.89 bits per heavy atom. The summed E-state index contributed by atoms with van der Waals surface area (Å²) in [4.78, 5) is 11.1. The zero-order valence-corrected chi connectivity index (χ0v) is 15.7. The van der Waals surface area contributed by atoms with Crippen LogP contribution < -0.4 is 0 Å². The number of carboxylic acids is 1. The fraction of sp³-hybridized carbons (Fsp3) is 0.261. The summed E-state index contributed by atoms with van der Waals surface area (Å²) < 4.78 is 2.28. The second-order valence-electron chi connectivity index (χ2n) is 7.22. The van der Waals surface area contributed by atoms with Gasteiger partial charge < -0.3 is 14.8 Å². The molecule has 0 atom stereocenters. The molecule has 3 rings (SSSR count). The van der Waals surface area contributed by atoms with Crippen LogP contribution in [0.3, 0.4) is 0 Å². The summed E-state index contributed by atoms with van der Waals surface area (Å²) in [5, 5.41) is 18.7. The van der Waals surface area contributed by atoms with Crippen LogP contribution in [-0.2, 0) is 6.54 Å². The number of benzene rings is 2. The first-order chi connectivity index (χ1) is 13.0. The summed E-state index contributed by atoms with van der Waals surface area (Å²) in [7, 11) is 0. The largest absolute Gasteiger partial charge is 0.508 e. The van der Waals surface area contributed by atoms with Crippen molar-refractivity contribution in [1.82, 2.24) is 4.57 Å². The lowest BCUT2D eigenvalue weighted by molar-refractivity contribution is 0.0697. The summed E-state index contributed by atoms with van der Waals surface area (Å²) in [6.07, 6.45) is 2.21. The number of carbonyl (C=O) groups is 1. The first-order valence-electron chi connectivity index (χ1n) is 9.28. The highest BCUT2D eigenvalue weighted by Gasteiger charge is 2.13. The summed E-state index contributed by atoms with van der Waals surface area (Å²) in [5.74, 6) is -0.0178. The fourth-order valence-corrected chi connectivity index (χ4v) is 3.29. The van der Waals surface area contributed by atoms with Gasteiger partial charge in [-0.3, -0.25) is 0 Å². The van der Waals surface area contributed by atoms with Crippen molar-refractivity contribution in [2.45, 2.75) is 33.2 Å². The number of aromatic nitrogens is 1. The monoisotopic (exact) mass is 363 g/mol. The van der Waals surface area contributed by atoms with Gasteiger partial charge in [-0.15, -0.1) is 0 Å². The molecule has 0 saturated heterocycles. The minimum absolute atomic E-state index is 0.251. The molecular weight excluding hydrogens is 338 g/mol. The third-order valence-corrected chi connectivity index (χ3v) is 4.73. The van der Waals surface area contributed by atoms with Gasteiger partial charge in [0.2, 0.25) is 0 Å². The molecule has 0 spiro atoms. The van der Waals surface area contributed by atoms with E-state index >= 15 is 0 Å². The smallest absolute Gasteiger partial charge is 0.335 e. The number of nitrogens with zero attached hydrogens (tertiary/aromatic N) is 1. The third kappa shape index (κ3) is 4.40. The van der Waals surface area contributed by atoms with Crippen LogP contribution in [0.5, 0.6) is 5.75 Å². The van der Waals surface area contributed by atoms with Crippen LogP contribution in [0.2, 0.25) is 0 Å². The number of aromatic carboxylic acids is 1. The lowest BCUT2D eigenvalue weighted by Gasteiger charge is -2.15. The molecule has 0 aliphatic carbocycles. The van der Waals surface area contributed by atoms with Crippen molar-refractivity contribution in [3.63, 3.8) is 0 Å². The van der Waals surface area contributed by atoms with Gasteiger partial charge in [0.05, 0.1) is 5.56 Å². The fourth-order valence-electron chi connectivity index (χ4n) is 3.29. The molecule has 2 N–H and O–H groups in total. The van der Waals surface area contributed by atoms with Crippen molar-refractivity contribution in [3.8, 4) is 28.3 Å². The first-order valence-corrected chi connectivity index (χ1v) is 9.28. The molecule has 0 bridgehead atoms. The van der Waals surface area contributed by atoms with Crippen LogP contribution >= 0.6 is 0 Å². The minimum Gasteiger partial charge on any atom is -0.508 e. The number of rotatable bonds is 7. The Kier molecular flexibility index (Phi) is 5.65. The van der Waals surface area contributed by atoms with Crippen molar-refractivity contribution in [3.05, 3.63) is 66.2 Å².